The molecule has 1 fully saturated rings. The number of nitrogens with one attached hydrogen (secondary N) is 3. The maximum atomic E-state index is 13.1. The maximum absolute atomic E-state index is 13.1. The third-order valence-corrected chi connectivity index (χ3v) is 5.16. The van der Waals surface area contributed by atoms with Crippen molar-refractivity contribution in [3.05, 3.63) is 66.5 Å². The van der Waals surface area contributed by atoms with Crippen LogP contribution in [0.3, 0.4) is 0 Å². The number of anilines is 1. The van der Waals surface area contributed by atoms with Gasteiger partial charge in [-0.05, 0) is 37.0 Å². The molecule has 160 valence electrons. The molecule has 0 radical (unpaired) electrons. The molecule has 8 nitrogen and oxygen atoms in total. The summed E-state index contributed by atoms with van der Waals surface area (Å²) in [5.74, 6) is 0.278. The van der Waals surface area contributed by atoms with E-state index < -0.39 is 6.04 Å². The van der Waals surface area contributed by atoms with Gasteiger partial charge in [-0.3, -0.25) is 24.6 Å². The Morgan fingerprint density at radius 3 is 2.58 bits per heavy atom. The first-order valence-electron chi connectivity index (χ1n) is 10.4. The molecule has 1 saturated carbocycles. The van der Waals surface area contributed by atoms with Gasteiger partial charge in [-0.25, -0.2) is 0 Å². The molecule has 4 rings (SSSR count). The summed E-state index contributed by atoms with van der Waals surface area (Å²) in [6.07, 6.45) is 5.93. The van der Waals surface area contributed by atoms with Crippen molar-refractivity contribution >= 4 is 17.6 Å². The number of aromatic nitrogens is 3. The highest BCUT2D eigenvalue weighted by Crippen LogP contribution is 2.21. The van der Waals surface area contributed by atoms with Crippen LogP contribution in [0.15, 0.2) is 60.9 Å². The van der Waals surface area contributed by atoms with E-state index in [1.54, 1.807) is 24.1 Å². The van der Waals surface area contributed by atoms with Gasteiger partial charge >= 0.3 is 0 Å². The lowest BCUT2D eigenvalue weighted by atomic mass is 10.1. The lowest BCUT2D eigenvalue weighted by Crippen LogP contribution is -2.47. The quantitative estimate of drug-likeness (QED) is 0.493. The predicted molar refractivity (Wildman–Crippen MR) is 118 cm³/mol. The second-order valence-corrected chi connectivity index (χ2v) is 7.73. The SMILES string of the molecule is Cn1nc(-c2ccncc2)cc1NC(=O)[C@H](Cc1ccccc1)NCC(=O)NC1CC1. The molecule has 0 spiro atoms. The van der Waals surface area contributed by atoms with Crippen LogP contribution in [0, 0.1) is 0 Å². The van der Waals surface area contributed by atoms with Crippen LogP contribution in [0.2, 0.25) is 0 Å². The number of carbonyl (C=O) groups excluding carboxylic acids is 2. The highest BCUT2D eigenvalue weighted by molar-refractivity contribution is 5.95. The van der Waals surface area contributed by atoms with E-state index in [1.165, 1.54) is 0 Å². The Kier molecular flexibility index (Phi) is 6.37. The summed E-state index contributed by atoms with van der Waals surface area (Å²) < 4.78 is 1.63. The minimum Gasteiger partial charge on any atom is -0.352 e. The Labute approximate surface area is 181 Å². The molecule has 3 aromatic rings. The van der Waals surface area contributed by atoms with Crippen molar-refractivity contribution in [2.45, 2.75) is 31.3 Å². The van der Waals surface area contributed by atoms with E-state index >= 15 is 0 Å². The van der Waals surface area contributed by atoms with Crippen LogP contribution in [-0.2, 0) is 23.1 Å². The van der Waals surface area contributed by atoms with Crippen LogP contribution in [0.25, 0.3) is 11.3 Å². The minimum atomic E-state index is -0.563. The van der Waals surface area contributed by atoms with E-state index in [0.29, 0.717) is 12.2 Å². The largest absolute Gasteiger partial charge is 0.352 e. The first-order chi connectivity index (χ1) is 15.1. The van der Waals surface area contributed by atoms with Crippen LogP contribution in [-0.4, -0.2) is 45.2 Å². The summed E-state index contributed by atoms with van der Waals surface area (Å²) >= 11 is 0. The highest BCUT2D eigenvalue weighted by Gasteiger charge is 2.25. The number of carbonyl (C=O) groups is 2. The Morgan fingerprint density at radius 2 is 1.87 bits per heavy atom. The second kappa shape index (κ2) is 9.53. The van der Waals surface area contributed by atoms with Crippen molar-refractivity contribution in [3.63, 3.8) is 0 Å². The van der Waals surface area contributed by atoms with Gasteiger partial charge in [0.1, 0.15) is 5.82 Å². The minimum absolute atomic E-state index is 0.0890. The van der Waals surface area contributed by atoms with Crippen LogP contribution in [0.4, 0.5) is 5.82 Å². The molecule has 8 heteroatoms. The van der Waals surface area contributed by atoms with Gasteiger partial charge in [0.05, 0.1) is 18.3 Å². The molecule has 0 aliphatic heterocycles. The second-order valence-electron chi connectivity index (χ2n) is 7.73. The molecule has 0 saturated heterocycles. The number of nitrogens with zero attached hydrogens (tertiary/aromatic N) is 3. The summed E-state index contributed by atoms with van der Waals surface area (Å²) in [7, 11) is 1.78. The molecule has 2 aromatic heterocycles. The van der Waals surface area contributed by atoms with E-state index in [0.717, 1.165) is 29.7 Å². The first-order valence-corrected chi connectivity index (χ1v) is 10.4. The van der Waals surface area contributed by atoms with Crippen LogP contribution in [0.1, 0.15) is 18.4 Å². The molecule has 1 aliphatic rings. The Balaban J connectivity index is 1.45. The van der Waals surface area contributed by atoms with Crippen LogP contribution in [0.5, 0.6) is 0 Å². The summed E-state index contributed by atoms with van der Waals surface area (Å²) in [6, 6.07) is 15.0. The van der Waals surface area contributed by atoms with E-state index in [2.05, 4.69) is 26.0 Å². The monoisotopic (exact) mass is 418 g/mol. The number of rotatable bonds is 9. The molecule has 1 atom stereocenters. The number of aryl methyl sites for hydroxylation is 1. The summed E-state index contributed by atoms with van der Waals surface area (Å²) in [5, 5.41) is 13.5. The van der Waals surface area contributed by atoms with Gasteiger partial charge in [0.15, 0.2) is 0 Å². The van der Waals surface area contributed by atoms with Crippen molar-refractivity contribution < 1.29 is 9.59 Å². The lowest BCUT2D eigenvalue weighted by molar-refractivity contribution is -0.121. The van der Waals surface area contributed by atoms with Gasteiger partial charge in [0.25, 0.3) is 0 Å². The molecule has 3 N–H and O–H groups in total. The summed E-state index contributed by atoms with van der Waals surface area (Å²) in [6.45, 7) is 0.0923. The highest BCUT2D eigenvalue weighted by atomic mass is 16.2. The van der Waals surface area contributed by atoms with Gasteiger partial charge in [-0.15, -0.1) is 0 Å². The zero-order valence-electron chi connectivity index (χ0n) is 17.4. The third kappa shape index (κ3) is 5.76. The predicted octanol–water partition coefficient (Wildman–Crippen LogP) is 1.90. The molecular formula is C23H26N6O2. The molecule has 0 bridgehead atoms. The van der Waals surface area contributed by atoms with Crippen molar-refractivity contribution in [1.82, 2.24) is 25.4 Å². The molecule has 2 heterocycles. The van der Waals surface area contributed by atoms with Gasteiger partial charge < -0.3 is 10.6 Å². The number of amides is 2. The number of pyridine rings is 1. The van der Waals surface area contributed by atoms with Gasteiger partial charge in [0.2, 0.25) is 11.8 Å². The number of hydrogen-bond donors (Lipinski definition) is 3. The maximum Gasteiger partial charge on any atom is 0.243 e. The first kappa shape index (κ1) is 20.7. The van der Waals surface area contributed by atoms with Crippen molar-refractivity contribution in [1.29, 1.82) is 0 Å². The summed E-state index contributed by atoms with van der Waals surface area (Å²) in [5.41, 5.74) is 2.68. The van der Waals surface area contributed by atoms with E-state index in [9.17, 15) is 9.59 Å². The topological polar surface area (TPSA) is 101 Å². The average molecular weight is 419 g/mol. The summed E-state index contributed by atoms with van der Waals surface area (Å²) in [4.78, 5) is 29.2. The average Bonchev–Trinajstić information content (AvgIpc) is 3.53. The van der Waals surface area contributed by atoms with Gasteiger partial charge in [-0.1, -0.05) is 30.3 Å². The van der Waals surface area contributed by atoms with Gasteiger partial charge in [-0.2, -0.15) is 5.10 Å². The fourth-order valence-corrected chi connectivity index (χ4v) is 3.29. The smallest absolute Gasteiger partial charge is 0.243 e. The van der Waals surface area contributed by atoms with Crippen LogP contribution < -0.4 is 16.0 Å². The Morgan fingerprint density at radius 1 is 1.13 bits per heavy atom. The van der Waals surface area contributed by atoms with Crippen molar-refractivity contribution in [3.8, 4) is 11.3 Å². The Hall–Kier alpha value is -3.52. The molecule has 1 aromatic carbocycles. The van der Waals surface area contributed by atoms with Crippen molar-refractivity contribution in [2.24, 2.45) is 7.05 Å². The molecular weight excluding hydrogens is 392 g/mol. The van der Waals surface area contributed by atoms with Crippen molar-refractivity contribution in [2.75, 3.05) is 11.9 Å². The lowest BCUT2D eigenvalue weighted by Gasteiger charge is -2.18. The Bertz CT molecular complexity index is 1030. The molecule has 0 unspecified atom stereocenters. The molecule has 1 aliphatic carbocycles. The number of hydrogen-bond acceptors (Lipinski definition) is 5. The van der Waals surface area contributed by atoms with Gasteiger partial charge in [0, 0.05) is 37.1 Å². The van der Waals surface area contributed by atoms with E-state index in [1.807, 2.05) is 48.5 Å². The third-order valence-electron chi connectivity index (χ3n) is 5.16. The number of benzene rings is 1. The zero-order valence-corrected chi connectivity index (χ0v) is 17.4. The fourth-order valence-electron chi connectivity index (χ4n) is 3.29. The standard InChI is InChI=1S/C23H26N6O2/c1-29-21(14-19(28-29)17-9-11-24-12-10-17)27-23(31)20(13-16-5-3-2-4-6-16)25-15-22(30)26-18-7-8-18/h2-6,9-12,14,18,20,25H,7-8,13,15H2,1H3,(H,26,30)(H,27,31)/t20-/m0/s1. The normalized spacial score (nSPS) is 14.1. The fraction of sp³-hybridized carbons (Fsp3) is 0.304. The van der Waals surface area contributed by atoms with E-state index in [4.69, 9.17) is 0 Å². The zero-order chi connectivity index (χ0) is 21.6. The van der Waals surface area contributed by atoms with Crippen LogP contribution >= 0.6 is 0 Å². The van der Waals surface area contributed by atoms with E-state index in [-0.39, 0.29) is 24.4 Å². The molecule has 31 heavy (non-hydrogen) atoms. The molecule has 2 amide bonds.